The zero-order valence-corrected chi connectivity index (χ0v) is 18.8. The molecule has 0 atom stereocenters. The molecule has 2 aliphatic heterocycles. The van der Waals surface area contributed by atoms with Gasteiger partial charge in [-0.25, -0.2) is 13.1 Å². The molecule has 0 saturated carbocycles. The Kier molecular flexibility index (Phi) is 5.06. The number of hydrogen-bond donors (Lipinski definition) is 0. The number of rotatable bonds is 4. The maximum absolute atomic E-state index is 12.2. The minimum Gasteiger partial charge on any atom is -0.315 e. The van der Waals surface area contributed by atoms with E-state index in [-0.39, 0.29) is 11.7 Å². The van der Waals surface area contributed by atoms with Crippen LogP contribution in [0.25, 0.3) is 16.9 Å². The maximum Gasteiger partial charge on any atom is 0.227 e. The molecule has 0 saturated heterocycles. The Balaban J connectivity index is 1.44. The third-order valence-corrected chi connectivity index (χ3v) is 8.04. The lowest BCUT2D eigenvalue weighted by molar-refractivity contribution is -0.118. The van der Waals surface area contributed by atoms with Crippen LogP contribution in [-0.4, -0.2) is 58.0 Å². The Bertz CT molecular complexity index is 1320. The summed E-state index contributed by atoms with van der Waals surface area (Å²) in [5, 5.41) is 13.0. The Morgan fingerprint density at radius 1 is 1.06 bits per heavy atom. The number of anilines is 1. The number of sulfonamides is 1. The van der Waals surface area contributed by atoms with Crippen molar-refractivity contribution in [3.05, 3.63) is 53.5 Å². The third-order valence-electron chi connectivity index (χ3n) is 6.21. The monoisotopic (exact) mass is 452 g/mol. The van der Waals surface area contributed by atoms with Crippen molar-refractivity contribution in [2.75, 3.05) is 24.2 Å². The molecule has 1 aromatic carbocycles. The molecule has 2 aromatic heterocycles. The molecule has 10 heteroatoms. The van der Waals surface area contributed by atoms with Gasteiger partial charge in [-0.15, -0.1) is 5.10 Å². The Morgan fingerprint density at radius 3 is 2.72 bits per heavy atom. The van der Waals surface area contributed by atoms with Gasteiger partial charge in [0, 0.05) is 56.0 Å². The van der Waals surface area contributed by atoms with Crippen molar-refractivity contribution in [1.82, 2.24) is 24.3 Å². The van der Waals surface area contributed by atoms with E-state index in [1.165, 1.54) is 4.31 Å². The van der Waals surface area contributed by atoms with Crippen LogP contribution in [0.1, 0.15) is 30.2 Å². The van der Waals surface area contributed by atoms with Gasteiger partial charge in [-0.05, 0) is 42.7 Å². The van der Waals surface area contributed by atoms with E-state index in [0.717, 1.165) is 40.1 Å². The largest absolute Gasteiger partial charge is 0.315 e. The summed E-state index contributed by atoms with van der Waals surface area (Å²) < 4.78 is 27.7. The topological polar surface area (TPSA) is 101 Å². The molecule has 32 heavy (non-hydrogen) atoms. The lowest BCUT2D eigenvalue weighted by Crippen LogP contribution is -2.36. The number of nitrogens with zero attached hydrogens (tertiary/aromatic N) is 6. The fraction of sp³-hybridized carbons (Fsp3) is 0.364. The lowest BCUT2D eigenvalue weighted by atomic mass is 9.97. The molecule has 9 nitrogen and oxygen atoms in total. The number of carbonyl (C=O) groups is 1. The number of amides is 1. The van der Waals surface area contributed by atoms with Crippen LogP contribution in [0.3, 0.4) is 0 Å². The van der Waals surface area contributed by atoms with Gasteiger partial charge in [0.1, 0.15) is 0 Å². The van der Waals surface area contributed by atoms with Gasteiger partial charge in [0.2, 0.25) is 15.9 Å². The maximum atomic E-state index is 12.2. The average molecular weight is 453 g/mol. The highest BCUT2D eigenvalue weighted by Gasteiger charge is 2.27. The molecule has 3 aromatic rings. The summed E-state index contributed by atoms with van der Waals surface area (Å²) in [7, 11) is -1.43. The van der Waals surface area contributed by atoms with E-state index in [1.54, 1.807) is 29.7 Å². The average Bonchev–Trinajstić information content (AvgIpc) is 3.25. The second-order valence-corrected chi connectivity index (χ2v) is 10.4. The first-order chi connectivity index (χ1) is 15.4. The van der Waals surface area contributed by atoms with E-state index in [2.05, 4.69) is 21.4 Å². The first kappa shape index (κ1) is 20.8. The van der Waals surface area contributed by atoms with Gasteiger partial charge in [-0.3, -0.25) is 4.79 Å². The van der Waals surface area contributed by atoms with Crippen LogP contribution < -0.4 is 4.90 Å². The molecule has 0 N–H and O–H groups in total. The highest BCUT2D eigenvalue weighted by molar-refractivity contribution is 7.89. The Labute approximate surface area is 186 Å². The van der Waals surface area contributed by atoms with E-state index in [9.17, 15) is 13.2 Å². The van der Waals surface area contributed by atoms with Gasteiger partial charge in [0.05, 0.1) is 17.6 Å². The molecule has 0 spiro atoms. The fourth-order valence-electron chi connectivity index (χ4n) is 4.29. The molecule has 5 rings (SSSR count). The zero-order valence-electron chi connectivity index (χ0n) is 18.0. The van der Waals surface area contributed by atoms with E-state index < -0.39 is 10.0 Å². The van der Waals surface area contributed by atoms with E-state index in [4.69, 9.17) is 0 Å². The standard InChI is InChI=1S/C22H24N6O3S/c1-3-32(30,31)27-9-8-19-18(13-27)14-28(25-19)21-11-17(12-23-24-21)15-4-6-20-16(10-15)5-7-22(29)26(20)2/h4,6,10-12,14H,3,5,7-9,13H2,1-2H3. The number of carbonyl (C=O) groups excluding carboxylic acids is 1. The molecular formula is C22H24N6O3S. The van der Waals surface area contributed by atoms with Crippen molar-refractivity contribution in [3.63, 3.8) is 0 Å². The molecule has 2 aliphatic rings. The minimum absolute atomic E-state index is 0.0920. The summed E-state index contributed by atoms with van der Waals surface area (Å²) >= 11 is 0. The highest BCUT2D eigenvalue weighted by atomic mass is 32.2. The molecule has 0 fully saturated rings. The molecule has 0 aliphatic carbocycles. The number of benzene rings is 1. The predicted molar refractivity (Wildman–Crippen MR) is 120 cm³/mol. The molecular weight excluding hydrogens is 428 g/mol. The first-order valence-corrected chi connectivity index (χ1v) is 12.2. The van der Waals surface area contributed by atoms with E-state index in [1.807, 2.05) is 24.4 Å². The van der Waals surface area contributed by atoms with Crippen molar-refractivity contribution < 1.29 is 13.2 Å². The fourth-order valence-corrected chi connectivity index (χ4v) is 5.36. The molecule has 0 bridgehead atoms. The normalized spacial score (nSPS) is 16.7. The van der Waals surface area contributed by atoms with Gasteiger partial charge < -0.3 is 4.90 Å². The smallest absolute Gasteiger partial charge is 0.227 e. The van der Waals surface area contributed by atoms with Crippen molar-refractivity contribution in [2.45, 2.75) is 32.7 Å². The van der Waals surface area contributed by atoms with Crippen LogP contribution in [0.5, 0.6) is 0 Å². The zero-order chi connectivity index (χ0) is 22.5. The summed E-state index contributed by atoms with van der Waals surface area (Å²) in [6.45, 7) is 2.43. The Hall–Kier alpha value is -3.11. The molecule has 0 unspecified atom stereocenters. The number of aromatic nitrogens is 4. The van der Waals surface area contributed by atoms with E-state index >= 15 is 0 Å². The number of aryl methyl sites for hydroxylation is 1. The van der Waals surface area contributed by atoms with Gasteiger partial charge in [-0.1, -0.05) is 6.07 Å². The van der Waals surface area contributed by atoms with Gasteiger partial charge in [-0.2, -0.15) is 14.5 Å². The van der Waals surface area contributed by atoms with E-state index in [0.29, 0.717) is 31.7 Å². The highest BCUT2D eigenvalue weighted by Crippen LogP contribution is 2.31. The van der Waals surface area contributed by atoms with Crippen LogP contribution >= 0.6 is 0 Å². The van der Waals surface area contributed by atoms with Crippen molar-refractivity contribution in [2.24, 2.45) is 0 Å². The van der Waals surface area contributed by atoms with Crippen LogP contribution in [0, 0.1) is 0 Å². The number of fused-ring (bicyclic) bond motifs is 2. The second kappa shape index (κ2) is 7.79. The van der Waals surface area contributed by atoms with Crippen LogP contribution in [-0.2, 0) is 34.2 Å². The molecule has 1 amide bonds. The van der Waals surface area contributed by atoms with Gasteiger partial charge in [0.15, 0.2) is 5.82 Å². The summed E-state index contributed by atoms with van der Waals surface area (Å²) in [5.41, 5.74) is 5.76. The Morgan fingerprint density at radius 2 is 1.91 bits per heavy atom. The summed E-state index contributed by atoms with van der Waals surface area (Å²) in [6, 6.07) is 7.97. The first-order valence-electron chi connectivity index (χ1n) is 10.6. The number of hydrogen-bond acceptors (Lipinski definition) is 6. The molecule has 0 radical (unpaired) electrons. The third kappa shape index (κ3) is 3.59. The second-order valence-electron chi connectivity index (χ2n) is 8.13. The lowest BCUT2D eigenvalue weighted by Gasteiger charge is -2.26. The quantitative estimate of drug-likeness (QED) is 0.600. The summed E-state index contributed by atoms with van der Waals surface area (Å²) in [4.78, 5) is 13.7. The van der Waals surface area contributed by atoms with Crippen LogP contribution in [0.15, 0.2) is 36.7 Å². The SMILES string of the molecule is CCS(=O)(=O)N1CCc2nn(-c3cc(-c4ccc5c(c4)CCC(=O)N5C)cnn3)cc2C1. The van der Waals surface area contributed by atoms with Crippen LogP contribution in [0.4, 0.5) is 5.69 Å². The van der Waals surface area contributed by atoms with Gasteiger partial charge in [0.25, 0.3) is 0 Å². The van der Waals surface area contributed by atoms with Crippen molar-refractivity contribution >= 4 is 21.6 Å². The molecule has 166 valence electrons. The summed E-state index contributed by atoms with van der Waals surface area (Å²) in [5.74, 6) is 0.798. The molecule has 4 heterocycles. The van der Waals surface area contributed by atoms with Gasteiger partial charge >= 0.3 is 0 Å². The predicted octanol–water partition coefficient (Wildman–Crippen LogP) is 1.95. The minimum atomic E-state index is -3.23. The van der Waals surface area contributed by atoms with Crippen LogP contribution in [0.2, 0.25) is 0 Å². The summed E-state index contributed by atoms with van der Waals surface area (Å²) in [6.07, 6.45) is 5.36. The van der Waals surface area contributed by atoms with Crippen molar-refractivity contribution in [3.8, 4) is 16.9 Å². The van der Waals surface area contributed by atoms with Crippen molar-refractivity contribution in [1.29, 1.82) is 0 Å².